The van der Waals surface area contributed by atoms with Gasteiger partial charge in [-0.1, -0.05) is 70.9 Å². The molecule has 2 heterocycles. The van der Waals surface area contributed by atoms with Crippen LogP contribution in [0, 0.1) is 19.7 Å². The van der Waals surface area contributed by atoms with Crippen molar-refractivity contribution in [3.05, 3.63) is 107 Å². The number of benzene rings is 3. The van der Waals surface area contributed by atoms with Crippen molar-refractivity contribution in [1.82, 2.24) is 15.5 Å². The highest BCUT2D eigenvalue weighted by Gasteiger charge is 2.36. The Labute approximate surface area is 196 Å². The fourth-order valence-electron chi connectivity index (χ4n) is 4.11. The summed E-state index contributed by atoms with van der Waals surface area (Å²) in [4.78, 5) is 19.3. The van der Waals surface area contributed by atoms with Crippen LogP contribution in [0.5, 0.6) is 0 Å². The maximum Gasteiger partial charge on any atom is 0.327 e. The number of carbonyl (C=O) groups excluding carboxylic acids is 1. The molecule has 0 spiro atoms. The zero-order valence-electron chi connectivity index (χ0n) is 19.0. The molecule has 1 aliphatic rings. The van der Waals surface area contributed by atoms with Gasteiger partial charge >= 0.3 is 6.03 Å². The van der Waals surface area contributed by atoms with E-state index in [0.717, 1.165) is 22.3 Å². The summed E-state index contributed by atoms with van der Waals surface area (Å²) in [6.07, 6.45) is 0. The van der Waals surface area contributed by atoms with Crippen LogP contribution >= 0.6 is 0 Å². The van der Waals surface area contributed by atoms with Crippen molar-refractivity contribution >= 4 is 17.3 Å². The summed E-state index contributed by atoms with van der Waals surface area (Å²) < 4.78 is 19.7. The third kappa shape index (κ3) is 3.96. The standard InChI is InChI=1S/C27H23FN4O2/c1-16-7-11-19(12-8-16)24-23(26-30-25(31-34-26)20-13-9-17(2)10-14-20)18(3)32(27(33)29-24)22-6-4-5-21(28)15-22/h4-15,24H,1-3H3,(H,29,33). The molecule has 1 aromatic heterocycles. The van der Waals surface area contributed by atoms with Crippen LogP contribution in [0.2, 0.25) is 0 Å². The molecule has 1 unspecified atom stereocenters. The van der Waals surface area contributed by atoms with Crippen LogP contribution in [-0.4, -0.2) is 16.2 Å². The molecule has 0 radical (unpaired) electrons. The lowest BCUT2D eigenvalue weighted by Crippen LogP contribution is -2.46. The minimum Gasteiger partial charge on any atom is -0.334 e. The normalized spacial score (nSPS) is 16.1. The van der Waals surface area contributed by atoms with Crippen LogP contribution < -0.4 is 10.2 Å². The first-order chi connectivity index (χ1) is 16.4. The van der Waals surface area contributed by atoms with Crippen molar-refractivity contribution in [3.8, 4) is 11.4 Å². The number of nitrogens with one attached hydrogen (secondary N) is 1. The number of nitrogens with zero attached hydrogens (tertiary/aromatic N) is 3. The van der Waals surface area contributed by atoms with Crippen LogP contribution in [0.15, 0.2) is 83.0 Å². The van der Waals surface area contributed by atoms with E-state index in [9.17, 15) is 9.18 Å². The Morgan fingerprint density at radius 3 is 2.29 bits per heavy atom. The number of anilines is 1. The van der Waals surface area contributed by atoms with Crippen LogP contribution in [-0.2, 0) is 0 Å². The van der Waals surface area contributed by atoms with Crippen LogP contribution in [0.4, 0.5) is 14.9 Å². The van der Waals surface area contributed by atoms with Gasteiger partial charge in [-0.25, -0.2) is 9.18 Å². The van der Waals surface area contributed by atoms with Gasteiger partial charge in [0.1, 0.15) is 5.82 Å². The first-order valence-electron chi connectivity index (χ1n) is 11.0. The summed E-state index contributed by atoms with van der Waals surface area (Å²) in [5.74, 6) is 0.312. The Morgan fingerprint density at radius 1 is 0.941 bits per heavy atom. The van der Waals surface area contributed by atoms with Gasteiger partial charge in [0.2, 0.25) is 5.82 Å². The lowest BCUT2D eigenvalue weighted by molar-refractivity contribution is 0.244. The number of urea groups is 1. The number of hydrogen-bond donors (Lipinski definition) is 1. The molecular weight excluding hydrogens is 431 g/mol. The van der Waals surface area contributed by atoms with Crippen LogP contribution in [0.3, 0.4) is 0 Å². The molecule has 2 amide bonds. The van der Waals surface area contributed by atoms with E-state index in [4.69, 9.17) is 4.52 Å². The average Bonchev–Trinajstić information content (AvgIpc) is 3.29. The van der Waals surface area contributed by atoms with Crippen molar-refractivity contribution in [1.29, 1.82) is 0 Å². The fourth-order valence-corrected chi connectivity index (χ4v) is 4.11. The summed E-state index contributed by atoms with van der Waals surface area (Å²) in [7, 11) is 0. The van der Waals surface area contributed by atoms with Gasteiger partial charge in [0, 0.05) is 11.3 Å². The first-order valence-corrected chi connectivity index (χ1v) is 11.0. The van der Waals surface area contributed by atoms with E-state index in [1.54, 1.807) is 19.1 Å². The highest BCUT2D eigenvalue weighted by Crippen LogP contribution is 2.39. The molecule has 1 atom stereocenters. The van der Waals surface area contributed by atoms with E-state index < -0.39 is 11.9 Å². The summed E-state index contributed by atoms with van der Waals surface area (Å²) in [6.45, 7) is 5.82. The molecule has 7 heteroatoms. The summed E-state index contributed by atoms with van der Waals surface area (Å²) >= 11 is 0. The molecule has 0 saturated heterocycles. The quantitative estimate of drug-likeness (QED) is 0.399. The van der Waals surface area contributed by atoms with Crippen molar-refractivity contribution < 1.29 is 13.7 Å². The second-order valence-corrected chi connectivity index (χ2v) is 8.40. The molecule has 6 nitrogen and oxygen atoms in total. The Balaban J connectivity index is 1.65. The van der Waals surface area contributed by atoms with Gasteiger partial charge in [-0.2, -0.15) is 4.98 Å². The van der Waals surface area contributed by atoms with Crippen LogP contribution in [0.1, 0.15) is 35.5 Å². The summed E-state index contributed by atoms with van der Waals surface area (Å²) in [5.41, 5.74) is 5.58. The number of aryl methyl sites for hydroxylation is 2. The van der Waals surface area contributed by atoms with E-state index in [2.05, 4.69) is 15.5 Å². The van der Waals surface area contributed by atoms with Gasteiger partial charge in [0.25, 0.3) is 5.89 Å². The lowest BCUT2D eigenvalue weighted by atomic mass is 9.94. The molecule has 0 bridgehead atoms. The van der Waals surface area contributed by atoms with Crippen molar-refractivity contribution in [3.63, 3.8) is 0 Å². The highest BCUT2D eigenvalue weighted by atomic mass is 19.1. The number of carbonyl (C=O) groups is 1. The SMILES string of the molecule is CC1=C(c2nc(-c3ccc(C)cc3)no2)C(c2ccc(C)cc2)NC(=O)N1c1cccc(F)c1. The number of rotatable bonds is 4. The zero-order valence-corrected chi connectivity index (χ0v) is 19.0. The molecule has 34 heavy (non-hydrogen) atoms. The predicted octanol–water partition coefficient (Wildman–Crippen LogP) is 6.19. The smallest absolute Gasteiger partial charge is 0.327 e. The second kappa shape index (κ2) is 8.59. The third-order valence-corrected chi connectivity index (χ3v) is 5.93. The maximum atomic E-state index is 14.0. The zero-order chi connectivity index (χ0) is 23.8. The Hall–Kier alpha value is -4.26. The molecule has 0 saturated carbocycles. The number of aromatic nitrogens is 2. The van der Waals surface area contributed by atoms with E-state index in [1.165, 1.54) is 17.0 Å². The molecule has 1 aliphatic heterocycles. The molecule has 4 aromatic rings. The Bertz CT molecular complexity index is 1390. The van der Waals surface area contributed by atoms with E-state index in [1.807, 2.05) is 62.4 Å². The summed E-state index contributed by atoms with van der Waals surface area (Å²) in [5, 5.41) is 7.22. The van der Waals surface area contributed by atoms with E-state index >= 15 is 0 Å². The molecule has 0 fully saturated rings. The lowest BCUT2D eigenvalue weighted by Gasteiger charge is -2.35. The first kappa shape index (κ1) is 21.6. The van der Waals surface area contributed by atoms with Crippen molar-refractivity contribution in [2.45, 2.75) is 26.8 Å². The number of amides is 2. The largest absolute Gasteiger partial charge is 0.334 e. The minimum absolute atomic E-state index is 0.292. The molecule has 3 aromatic carbocycles. The second-order valence-electron chi connectivity index (χ2n) is 8.40. The van der Waals surface area contributed by atoms with E-state index in [-0.39, 0.29) is 6.03 Å². The van der Waals surface area contributed by atoms with Gasteiger partial charge in [-0.3, -0.25) is 4.90 Å². The van der Waals surface area contributed by atoms with Crippen molar-refractivity contribution in [2.75, 3.05) is 4.90 Å². The monoisotopic (exact) mass is 454 g/mol. The fraction of sp³-hybridized carbons (Fsp3) is 0.148. The molecular formula is C27H23FN4O2. The minimum atomic E-state index is -0.510. The van der Waals surface area contributed by atoms with Crippen LogP contribution in [0.25, 0.3) is 17.0 Å². The van der Waals surface area contributed by atoms with Gasteiger partial charge in [0.05, 0.1) is 17.3 Å². The Kier molecular flexibility index (Phi) is 5.45. The van der Waals surface area contributed by atoms with Gasteiger partial charge < -0.3 is 9.84 Å². The maximum absolute atomic E-state index is 14.0. The van der Waals surface area contributed by atoms with Gasteiger partial charge in [-0.05, 0) is 44.5 Å². The van der Waals surface area contributed by atoms with Gasteiger partial charge in [0.15, 0.2) is 0 Å². The molecule has 0 aliphatic carbocycles. The predicted molar refractivity (Wildman–Crippen MR) is 128 cm³/mol. The number of halogens is 1. The number of hydrogen-bond acceptors (Lipinski definition) is 4. The highest BCUT2D eigenvalue weighted by molar-refractivity contribution is 6.01. The van der Waals surface area contributed by atoms with E-state index in [0.29, 0.717) is 28.7 Å². The Morgan fingerprint density at radius 2 is 1.62 bits per heavy atom. The summed E-state index contributed by atoms with van der Waals surface area (Å²) in [6, 6.07) is 20.8. The molecule has 170 valence electrons. The number of allylic oxidation sites excluding steroid dienone is 1. The topological polar surface area (TPSA) is 71.3 Å². The van der Waals surface area contributed by atoms with Gasteiger partial charge in [-0.15, -0.1) is 0 Å². The van der Waals surface area contributed by atoms with Crippen molar-refractivity contribution in [2.24, 2.45) is 0 Å². The average molecular weight is 455 g/mol. The molecule has 5 rings (SSSR count). The third-order valence-electron chi connectivity index (χ3n) is 5.93. The molecule has 1 N–H and O–H groups in total.